The van der Waals surface area contributed by atoms with Crippen molar-refractivity contribution < 1.29 is 22.4 Å². The Morgan fingerprint density at radius 2 is 2.00 bits per heavy atom. The lowest BCUT2D eigenvalue weighted by atomic mass is 9.96. The molecule has 134 valence electrons. The zero-order chi connectivity index (χ0) is 18.0. The van der Waals surface area contributed by atoms with Crippen LogP contribution in [-0.2, 0) is 17.4 Å². The number of carbonyl (C=O) groups excluding carboxylic acids is 1. The summed E-state index contributed by atoms with van der Waals surface area (Å²) in [6.07, 6.45) is -3.28. The first-order valence-electron chi connectivity index (χ1n) is 8.07. The molecule has 1 aromatic carbocycles. The predicted octanol–water partition coefficient (Wildman–Crippen LogP) is 3.35. The van der Waals surface area contributed by atoms with Crippen molar-refractivity contribution >= 4 is 5.91 Å². The molecular weight excluding hydrogens is 335 g/mol. The van der Waals surface area contributed by atoms with E-state index in [4.69, 9.17) is 4.42 Å². The second-order valence-corrected chi connectivity index (χ2v) is 6.26. The van der Waals surface area contributed by atoms with Gasteiger partial charge in [-0.1, -0.05) is 29.8 Å². The Kier molecular flexibility index (Phi) is 4.78. The lowest BCUT2D eigenvalue weighted by Crippen LogP contribution is -2.38. The molecule has 8 heteroatoms. The molecule has 2 heterocycles. The van der Waals surface area contributed by atoms with E-state index in [1.165, 1.54) is 0 Å². The molecule has 1 aliphatic heterocycles. The van der Waals surface area contributed by atoms with Crippen LogP contribution in [0.1, 0.15) is 41.7 Å². The molecule has 3 rings (SSSR count). The lowest BCUT2D eigenvalue weighted by molar-refractivity contribution is -0.157. The second kappa shape index (κ2) is 6.85. The molecule has 0 bridgehead atoms. The van der Waals surface area contributed by atoms with Gasteiger partial charge in [0.15, 0.2) is 0 Å². The molecule has 1 fully saturated rings. The Hall–Kier alpha value is -2.38. The molecule has 2 aromatic rings. The minimum atomic E-state index is -4.63. The average Bonchev–Trinajstić information content (AvgIpc) is 3.05. The number of likely N-dealkylation sites (tertiary alicyclic amines) is 1. The van der Waals surface area contributed by atoms with Crippen LogP contribution in [0.25, 0.3) is 0 Å². The van der Waals surface area contributed by atoms with Gasteiger partial charge in [-0.25, -0.2) is 0 Å². The number of benzene rings is 1. The maximum Gasteiger partial charge on any atom is 0.470 e. The molecule has 0 N–H and O–H groups in total. The normalized spacial score (nSPS) is 16.2. The van der Waals surface area contributed by atoms with Crippen LogP contribution >= 0.6 is 0 Å². The van der Waals surface area contributed by atoms with Crippen LogP contribution in [0.15, 0.2) is 28.7 Å². The number of hydrogen-bond acceptors (Lipinski definition) is 4. The summed E-state index contributed by atoms with van der Waals surface area (Å²) in [6, 6.07) is 7.77. The first kappa shape index (κ1) is 17.4. The van der Waals surface area contributed by atoms with Gasteiger partial charge in [0.05, 0.1) is 6.42 Å². The first-order chi connectivity index (χ1) is 11.8. The molecule has 0 atom stereocenters. The molecule has 0 aliphatic carbocycles. The minimum Gasteiger partial charge on any atom is -0.417 e. The highest BCUT2D eigenvalue weighted by Crippen LogP contribution is 2.32. The molecular formula is C17H18F3N3O2. The van der Waals surface area contributed by atoms with Crippen molar-refractivity contribution in [2.75, 3.05) is 13.1 Å². The summed E-state index contributed by atoms with van der Waals surface area (Å²) in [5.41, 5.74) is 2.06. The SMILES string of the molecule is Cc1cccc(CC(=O)N2CCC(c3nnc(C(F)(F)F)o3)CC2)c1. The summed E-state index contributed by atoms with van der Waals surface area (Å²) in [6.45, 7) is 2.91. The van der Waals surface area contributed by atoms with Gasteiger partial charge in [-0.15, -0.1) is 10.2 Å². The Morgan fingerprint density at radius 1 is 1.28 bits per heavy atom. The number of hydrogen-bond donors (Lipinski definition) is 0. The highest BCUT2D eigenvalue weighted by Gasteiger charge is 2.39. The predicted molar refractivity (Wildman–Crippen MR) is 82.7 cm³/mol. The summed E-state index contributed by atoms with van der Waals surface area (Å²) < 4.78 is 42.3. The van der Waals surface area contributed by atoms with E-state index in [0.717, 1.165) is 11.1 Å². The Bertz CT molecular complexity index is 750. The van der Waals surface area contributed by atoms with Gasteiger partial charge in [0, 0.05) is 19.0 Å². The summed E-state index contributed by atoms with van der Waals surface area (Å²) >= 11 is 0. The van der Waals surface area contributed by atoms with Crippen LogP contribution < -0.4 is 0 Å². The topological polar surface area (TPSA) is 59.2 Å². The fraction of sp³-hybridized carbons (Fsp3) is 0.471. The summed E-state index contributed by atoms with van der Waals surface area (Å²) in [5.74, 6) is -1.55. The highest BCUT2D eigenvalue weighted by atomic mass is 19.4. The second-order valence-electron chi connectivity index (χ2n) is 6.26. The Labute approximate surface area is 142 Å². The van der Waals surface area contributed by atoms with E-state index in [0.29, 0.717) is 32.4 Å². The average molecular weight is 353 g/mol. The number of alkyl halides is 3. The number of aryl methyl sites for hydroxylation is 1. The van der Waals surface area contributed by atoms with Gasteiger partial charge in [0.1, 0.15) is 0 Å². The third kappa shape index (κ3) is 4.18. The van der Waals surface area contributed by atoms with Crippen LogP contribution in [0.2, 0.25) is 0 Å². The van der Waals surface area contributed by atoms with Crippen LogP contribution in [0.3, 0.4) is 0 Å². The fourth-order valence-corrected chi connectivity index (χ4v) is 3.00. The largest absolute Gasteiger partial charge is 0.470 e. The van der Waals surface area contributed by atoms with E-state index >= 15 is 0 Å². The van der Waals surface area contributed by atoms with Crippen molar-refractivity contribution in [1.29, 1.82) is 0 Å². The smallest absolute Gasteiger partial charge is 0.417 e. The van der Waals surface area contributed by atoms with Gasteiger partial charge in [-0.2, -0.15) is 13.2 Å². The van der Waals surface area contributed by atoms with Crippen molar-refractivity contribution in [3.05, 3.63) is 47.2 Å². The number of halogens is 3. The van der Waals surface area contributed by atoms with E-state index in [-0.39, 0.29) is 17.7 Å². The lowest BCUT2D eigenvalue weighted by Gasteiger charge is -2.30. The molecule has 5 nitrogen and oxygen atoms in total. The van der Waals surface area contributed by atoms with E-state index in [9.17, 15) is 18.0 Å². The molecule has 1 aromatic heterocycles. The van der Waals surface area contributed by atoms with Crippen molar-refractivity contribution in [2.24, 2.45) is 0 Å². The third-order valence-electron chi connectivity index (χ3n) is 4.32. The number of piperidine rings is 1. The zero-order valence-electron chi connectivity index (χ0n) is 13.7. The maximum atomic E-state index is 12.5. The van der Waals surface area contributed by atoms with Crippen molar-refractivity contribution in [3.63, 3.8) is 0 Å². The Morgan fingerprint density at radius 3 is 2.60 bits per heavy atom. The molecule has 0 unspecified atom stereocenters. The first-order valence-corrected chi connectivity index (χ1v) is 8.07. The molecule has 25 heavy (non-hydrogen) atoms. The summed E-state index contributed by atoms with van der Waals surface area (Å²) in [7, 11) is 0. The van der Waals surface area contributed by atoms with Gasteiger partial charge >= 0.3 is 12.1 Å². The monoisotopic (exact) mass is 353 g/mol. The molecule has 0 spiro atoms. The minimum absolute atomic E-state index is 0.00175. The van der Waals surface area contributed by atoms with Gasteiger partial charge in [0.2, 0.25) is 11.8 Å². The van der Waals surface area contributed by atoms with Crippen molar-refractivity contribution in [1.82, 2.24) is 15.1 Å². The summed E-state index contributed by atoms with van der Waals surface area (Å²) in [4.78, 5) is 14.1. The highest BCUT2D eigenvalue weighted by molar-refractivity contribution is 5.78. The standard InChI is InChI=1S/C17H18F3N3O2/c1-11-3-2-4-12(9-11)10-14(24)23-7-5-13(6-8-23)15-21-22-16(25-15)17(18,19)20/h2-4,9,13H,5-8,10H2,1H3. The molecule has 1 saturated heterocycles. The van der Waals surface area contributed by atoms with E-state index < -0.39 is 12.1 Å². The molecule has 1 aliphatic rings. The fourth-order valence-electron chi connectivity index (χ4n) is 3.00. The van der Waals surface area contributed by atoms with Gasteiger partial charge in [0.25, 0.3) is 0 Å². The van der Waals surface area contributed by atoms with Crippen molar-refractivity contribution in [3.8, 4) is 0 Å². The maximum absolute atomic E-state index is 12.5. The number of amides is 1. The van der Waals surface area contributed by atoms with Crippen molar-refractivity contribution in [2.45, 2.75) is 38.3 Å². The third-order valence-corrected chi connectivity index (χ3v) is 4.32. The van der Waals surface area contributed by atoms with E-state index in [1.54, 1.807) is 4.90 Å². The number of carbonyl (C=O) groups is 1. The van der Waals surface area contributed by atoms with Crippen LogP contribution in [0, 0.1) is 6.92 Å². The number of aromatic nitrogens is 2. The van der Waals surface area contributed by atoms with Crippen LogP contribution in [0.4, 0.5) is 13.2 Å². The summed E-state index contributed by atoms with van der Waals surface area (Å²) in [5, 5.41) is 6.57. The number of nitrogens with zero attached hydrogens (tertiary/aromatic N) is 3. The van der Waals surface area contributed by atoms with E-state index in [2.05, 4.69) is 10.2 Å². The van der Waals surface area contributed by atoms with Crippen LogP contribution in [0.5, 0.6) is 0 Å². The Balaban J connectivity index is 1.56. The van der Waals surface area contributed by atoms with Gasteiger partial charge in [-0.05, 0) is 25.3 Å². The quantitative estimate of drug-likeness (QED) is 0.849. The van der Waals surface area contributed by atoms with Crippen LogP contribution in [-0.4, -0.2) is 34.1 Å². The molecule has 1 amide bonds. The number of rotatable bonds is 3. The molecule has 0 saturated carbocycles. The molecule has 0 radical (unpaired) electrons. The zero-order valence-corrected chi connectivity index (χ0v) is 13.7. The van der Waals surface area contributed by atoms with E-state index in [1.807, 2.05) is 31.2 Å². The van der Waals surface area contributed by atoms with Gasteiger partial charge in [-0.3, -0.25) is 4.79 Å². The van der Waals surface area contributed by atoms with Gasteiger partial charge < -0.3 is 9.32 Å².